The summed E-state index contributed by atoms with van der Waals surface area (Å²) in [5.41, 5.74) is 0.0318. The van der Waals surface area contributed by atoms with Gasteiger partial charge in [-0.05, 0) is 37.3 Å². The number of halogens is 3. The molecular formula is C18H16F3N3O2. The van der Waals surface area contributed by atoms with E-state index in [1.54, 1.807) is 25.1 Å². The van der Waals surface area contributed by atoms with Crippen molar-refractivity contribution in [1.29, 1.82) is 0 Å². The standard InChI is InChI=1S/C18H16F3N3O2/c1-11-4-2-7-15(22-11)23-17(26)12-8-16(25)24(10-12)14-6-3-5-13(9-14)18(19,20)21/h2-7,9,12H,8,10H2,1H3,(H,22,23,26). The van der Waals surface area contributed by atoms with Gasteiger partial charge in [-0.3, -0.25) is 9.59 Å². The van der Waals surface area contributed by atoms with E-state index in [0.717, 1.165) is 17.8 Å². The summed E-state index contributed by atoms with van der Waals surface area (Å²) in [6.45, 7) is 1.81. The van der Waals surface area contributed by atoms with Crippen LogP contribution in [0, 0.1) is 12.8 Å². The Morgan fingerprint density at radius 1 is 1.23 bits per heavy atom. The number of pyridine rings is 1. The van der Waals surface area contributed by atoms with Gasteiger partial charge in [0.1, 0.15) is 5.82 Å². The first-order valence-electron chi connectivity index (χ1n) is 7.96. The van der Waals surface area contributed by atoms with E-state index in [0.29, 0.717) is 5.82 Å². The topological polar surface area (TPSA) is 62.3 Å². The Balaban J connectivity index is 1.73. The number of benzene rings is 1. The van der Waals surface area contributed by atoms with Crippen LogP contribution in [0.25, 0.3) is 0 Å². The maximum Gasteiger partial charge on any atom is 0.416 e. The van der Waals surface area contributed by atoms with Gasteiger partial charge in [-0.15, -0.1) is 0 Å². The van der Waals surface area contributed by atoms with Gasteiger partial charge >= 0.3 is 6.18 Å². The summed E-state index contributed by atoms with van der Waals surface area (Å²) in [5.74, 6) is -1.05. The molecule has 1 aliphatic rings. The number of nitrogens with zero attached hydrogens (tertiary/aromatic N) is 2. The van der Waals surface area contributed by atoms with Crippen LogP contribution in [-0.4, -0.2) is 23.3 Å². The van der Waals surface area contributed by atoms with Crippen molar-refractivity contribution in [3.63, 3.8) is 0 Å². The third kappa shape index (κ3) is 3.84. The van der Waals surface area contributed by atoms with Gasteiger partial charge in [-0.1, -0.05) is 12.1 Å². The molecule has 0 radical (unpaired) electrons. The van der Waals surface area contributed by atoms with E-state index in [-0.39, 0.29) is 30.5 Å². The lowest BCUT2D eigenvalue weighted by Gasteiger charge is -2.18. The fraction of sp³-hybridized carbons (Fsp3) is 0.278. The van der Waals surface area contributed by atoms with Crippen LogP contribution in [0.4, 0.5) is 24.7 Å². The fourth-order valence-corrected chi connectivity index (χ4v) is 2.82. The minimum absolute atomic E-state index is 0.0256. The predicted octanol–water partition coefficient (Wildman–Crippen LogP) is 3.40. The maximum atomic E-state index is 12.9. The lowest BCUT2D eigenvalue weighted by molar-refractivity contribution is -0.137. The van der Waals surface area contributed by atoms with Crippen molar-refractivity contribution in [2.24, 2.45) is 5.92 Å². The molecule has 2 amide bonds. The van der Waals surface area contributed by atoms with Crippen LogP contribution in [0.15, 0.2) is 42.5 Å². The molecule has 1 fully saturated rings. The smallest absolute Gasteiger partial charge is 0.312 e. The number of alkyl halides is 3. The Labute approximate surface area is 147 Å². The average molecular weight is 363 g/mol. The molecule has 1 atom stereocenters. The molecule has 2 aromatic rings. The van der Waals surface area contributed by atoms with Crippen LogP contribution >= 0.6 is 0 Å². The van der Waals surface area contributed by atoms with Crippen molar-refractivity contribution in [1.82, 2.24) is 4.98 Å². The normalized spacial score (nSPS) is 17.5. The van der Waals surface area contributed by atoms with Crippen molar-refractivity contribution in [2.45, 2.75) is 19.5 Å². The number of rotatable bonds is 3. The highest BCUT2D eigenvalue weighted by Crippen LogP contribution is 2.33. The molecule has 3 rings (SSSR count). The molecule has 5 nitrogen and oxygen atoms in total. The minimum atomic E-state index is -4.49. The number of aromatic nitrogens is 1. The van der Waals surface area contributed by atoms with Gasteiger partial charge in [0.2, 0.25) is 11.8 Å². The van der Waals surface area contributed by atoms with E-state index in [1.807, 2.05) is 0 Å². The molecular weight excluding hydrogens is 347 g/mol. The highest BCUT2D eigenvalue weighted by molar-refractivity contribution is 6.03. The summed E-state index contributed by atoms with van der Waals surface area (Å²) < 4.78 is 38.6. The zero-order chi connectivity index (χ0) is 18.9. The molecule has 26 heavy (non-hydrogen) atoms. The second-order valence-electron chi connectivity index (χ2n) is 6.11. The Kier molecular flexibility index (Phi) is 4.67. The van der Waals surface area contributed by atoms with Crippen molar-refractivity contribution < 1.29 is 22.8 Å². The first-order chi connectivity index (χ1) is 12.2. The lowest BCUT2D eigenvalue weighted by Crippen LogP contribution is -2.28. The first kappa shape index (κ1) is 17.9. The zero-order valence-corrected chi connectivity index (χ0v) is 13.9. The molecule has 1 aromatic heterocycles. The highest BCUT2D eigenvalue weighted by Gasteiger charge is 2.37. The second-order valence-corrected chi connectivity index (χ2v) is 6.11. The van der Waals surface area contributed by atoms with E-state index in [4.69, 9.17) is 0 Å². The van der Waals surface area contributed by atoms with E-state index in [2.05, 4.69) is 10.3 Å². The zero-order valence-electron chi connectivity index (χ0n) is 13.9. The predicted molar refractivity (Wildman–Crippen MR) is 89.5 cm³/mol. The molecule has 2 heterocycles. The van der Waals surface area contributed by atoms with Gasteiger partial charge in [-0.25, -0.2) is 4.98 Å². The van der Waals surface area contributed by atoms with Gasteiger partial charge < -0.3 is 10.2 Å². The molecule has 0 bridgehead atoms. The minimum Gasteiger partial charge on any atom is -0.312 e. The number of carbonyl (C=O) groups is 2. The molecule has 1 aliphatic heterocycles. The van der Waals surface area contributed by atoms with E-state index >= 15 is 0 Å². The van der Waals surface area contributed by atoms with Gasteiger partial charge in [0.05, 0.1) is 11.5 Å². The third-order valence-corrected chi connectivity index (χ3v) is 4.12. The number of hydrogen-bond acceptors (Lipinski definition) is 3. The molecule has 1 saturated heterocycles. The Morgan fingerprint density at radius 2 is 1.96 bits per heavy atom. The van der Waals surface area contributed by atoms with Gasteiger partial charge in [0.15, 0.2) is 0 Å². The van der Waals surface area contributed by atoms with E-state index < -0.39 is 17.7 Å². The number of hydrogen-bond donors (Lipinski definition) is 1. The van der Waals surface area contributed by atoms with E-state index in [9.17, 15) is 22.8 Å². The monoisotopic (exact) mass is 363 g/mol. The number of nitrogens with one attached hydrogen (secondary N) is 1. The van der Waals surface area contributed by atoms with Gasteiger partial charge in [-0.2, -0.15) is 13.2 Å². The third-order valence-electron chi connectivity index (χ3n) is 4.12. The summed E-state index contributed by atoms with van der Waals surface area (Å²) in [6.07, 6.45) is -4.56. The fourth-order valence-electron chi connectivity index (χ4n) is 2.82. The van der Waals surface area contributed by atoms with E-state index in [1.165, 1.54) is 17.0 Å². The molecule has 0 aliphatic carbocycles. The van der Waals surface area contributed by atoms with Crippen molar-refractivity contribution in [3.8, 4) is 0 Å². The highest BCUT2D eigenvalue weighted by atomic mass is 19.4. The summed E-state index contributed by atoms with van der Waals surface area (Å²) in [7, 11) is 0. The van der Waals surface area contributed by atoms with Gasteiger partial charge in [0, 0.05) is 24.3 Å². The molecule has 1 unspecified atom stereocenters. The van der Waals surface area contributed by atoms with Crippen LogP contribution in [-0.2, 0) is 15.8 Å². The SMILES string of the molecule is Cc1cccc(NC(=O)C2CC(=O)N(c3cccc(C(F)(F)F)c3)C2)n1. The summed E-state index contributed by atoms with van der Waals surface area (Å²) in [5, 5.41) is 2.64. The van der Waals surface area contributed by atoms with Crippen LogP contribution in [0.5, 0.6) is 0 Å². The molecule has 1 aromatic carbocycles. The molecule has 1 N–H and O–H groups in total. The van der Waals surface area contributed by atoms with Crippen molar-refractivity contribution >= 4 is 23.3 Å². The van der Waals surface area contributed by atoms with Crippen molar-refractivity contribution in [2.75, 3.05) is 16.8 Å². The Hall–Kier alpha value is -2.90. The molecule has 0 spiro atoms. The van der Waals surface area contributed by atoms with Crippen LogP contribution in [0.2, 0.25) is 0 Å². The quantitative estimate of drug-likeness (QED) is 0.909. The number of anilines is 2. The second kappa shape index (κ2) is 6.78. The van der Waals surface area contributed by atoms with Gasteiger partial charge in [0.25, 0.3) is 0 Å². The maximum absolute atomic E-state index is 12.9. The largest absolute Gasteiger partial charge is 0.416 e. The number of amides is 2. The number of carbonyl (C=O) groups excluding carboxylic acids is 2. The lowest BCUT2D eigenvalue weighted by atomic mass is 10.1. The van der Waals surface area contributed by atoms with Crippen LogP contribution in [0.1, 0.15) is 17.7 Å². The van der Waals surface area contributed by atoms with Crippen LogP contribution in [0.3, 0.4) is 0 Å². The molecule has 0 saturated carbocycles. The first-order valence-corrected chi connectivity index (χ1v) is 7.96. The summed E-state index contributed by atoms with van der Waals surface area (Å²) in [6, 6.07) is 9.69. The Morgan fingerprint density at radius 3 is 2.65 bits per heavy atom. The van der Waals surface area contributed by atoms with Crippen LogP contribution < -0.4 is 10.2 Å². The number of aryl methyl sites for hydroxylation is 1. The summed E-state index contributed by atoms with van der Waals surface area (Å²) >= 11 is 0. The summed E-state index contributed by atoms with van der Waals surface area (Å²) in [4.78, 5) is 29.9. The van der Waals surface area contributed by atoms with Crippen molar-refractivity contribution in [3.05, 3.63) is 53.7 Å². The Bertz CT molecular complexity index is 852. The molecule has 8 heteroatoms. The average Bonchev–Trinajstić information content (AvgIpc) is 2.96. The molecule has 136 valence electrons.